The maximum atomic E-state index is 9.31. The highest BCUT2D eigenvalue weighted by atomic mass is 16.3. The molecule has 0 radical (unpaired) electrons. The molecule has 0 spiro atoms. The molecule has 0 amide bonds. The summed E-state index contributed by atoms with van der Waals surface area (Å²) >= 11 is 0. The van der Waals surface area contributed by atoms with Crippen molar-refractivity contribution >= 4 is 0 Å². The van der Waals surface area contributed by atoms with Gasteiger partial charge in [0.1, 0.15) is 0 Å². The van der Waals surface area contributed by atoms with Gasteiger partial charge in [0.2, 0.25) is 0 Å². The molecule has 3 aliphatic rings. The molecule has 2 nitrogen and oxygen atoms in total. The Morgan fingerprint density at radius 2 is 2.00 bits per heavy atom. The van der Waals surface area contributed by atoms with Crippen molar-refractivity contribution in [2.45, 2.75) is 6.42 Å². The van der Waals surface area contributed by atoms with Crippen LogP contribution in [0, 0.1) is 5.92 Å². The van der Waals surface area contributed by atoms with Gasteiger partial charge in [-0.25, -0.2) is 0 Å². The van der Waals surface area contributed by atoms with Gasteiger partial charge in [-0.15, -0.1) is 0 Å². The van der Waals surface area contributed by atoms with E-state index in [9.17, 15) is 10.2 Å². The Bertz CT molecular complexity index is 422. The summed E-state index contributed by atoms with van der Waals surface area (Å²) in [6, 6.07) is 0. The molecular weight excluding hydrogens is 176 g/mol. The summed E-state index contributed by atoms with van der Waals surface area (Å²) in [5.74, 6) is 0.0486. The molecule has 3 rings (SSSR count). The van der Waals surface area contributed by atoms with Crippen molar-refractivity contribution < 1.29 is 10.2 Å². The average Bonchev–Trinajstić information content (AvgIpc) is 2.87. The number of fused-ring (bicyclic) bond motifs is 4. The molecule has 1 unspecified atom stereocenters. The monoisotopic (exact) mass is 188 g/mol. The van der Waals surface area contributed by atoms with E-state index in [4.69, 9.17) is 0 Å². The van der Waals surface area contributed by atoms with Gasteiger partial charge in [0, 0.05) is 5.92 Å². The quantitative estimate of drug-likeness (QED) is 0.681. The molecule has 2 heteroatoms. The molecule has 72 valence electrons. The fourth-order valence-corrected chi connectivity index (χ4v) is 2.66. The highest BCUT2D eigenvalue weighted by Crippen LogP contribution is 2.50. The zero-order chi connectivity index (χ0) is 9.71. The SMILES string of the molecule is OCC1=CC2=C(C3=CC=C2C3)C1CO. The van der Waals surface area contributed by atoms with Crippen molar-refractivity contribution in [1.29, 1.82) is 0 Å². The molecule has 0 heterocycles. The standard InChI is InChI=1S/C12H12O2/c13-5-9-4-10-7-1-2-8(3-7)12(10)11(9)6-14/h1-2,4,11,13-14H,3,5-6H2. The van der Waals surface area contributed by atoms with Crippen LogP contribution in [0.5, 0.6) is 0 Å². The third kappa shape index (κ3) is 0.825. The van der Waals surface area contributed by atoms with Crippen molar-refractivity contribution in [2.24, 2.45) is 5.92 Å². The van der Waals surface area contributed by atoms with Gasteiger partial charge in [-0.1, -0.05) is 18.2 Å². The number of allylic oxidation sites excluding steroid dienone is 6. The molecule has 2 bridgehead atoms. The van der Waals surface area contributed by atoms with Crippen LogP contribution >= 0.6 is 0 Å². The molecule has 0 fully saturated rings. The lowest BCUT2D eigenvalue weighted by atomic mass is 9.92. The van der Waals surface area contributed by atoms with Crippen LogP contribution in [0.15, 0.2) is 46.1 Å². The summed E-state index contributed by atoms with van der Waals surface area (Å²) in [4.78, 5) is 0. The van der Waals surface area contributed by atoms with E-state index in [-0.39, 0.29) is 19.1 Å². The van der Waals surface area contributed by atoms with Crippen LogP contribution < -0.4 is 0 Å². The van der Waals surface area contributed by atoms with Crippen LogP contribution in [-0.2, 0) is 0 Å². The van der Waals surface area contributed by atoms with Crippen molar-refractivity contribution in [3.05, 3.63) is 46.1 Å². The van der Waals surface area contributed by atoms with E-state index in [2.05, 4.69) is 12.2 Å². The summed E-state index contributed by atoms with van der Waals surface area (Å²) in [7, 11) is 0. The molecule has 0 aromatic heterocycles. The summed E-state index contributed by atoms with van der Waals surface area (Å²) in [5, 5.41) is 18.5. The van der Waals surface area contributed by atoms with Crippen molar-refractivity contribution in [2.75, 3.05) is 13.2 Å². The largest absolute Gasteiger partial charge is 0.395 e. The van der Waals surface area contributed by atoms with Crippen LogP contribution in [0.3, 0.4) is 0 Å². The van der Waals surface area contributed by atoms with Crippen molar-refractivity contribution in [1.82, 2.24) is 0 Å². The van der Waals surface area contributed by atoms with E-state index >= 15 is 0 Å². The fourth-order valence-electron chi connectivity index (χ4n) is 2.66. The summed E-state index contributed by atoms with van der Waals surface area (Å²) in [6.07, 6.45) is 7.34. The predicted octanol–water partition coefficient (Wildman–Crippen LogP) is 1.09. The Morgan fingerprint density at radius 1 is 1.21 bits per heavy atom. The zero-order valence-corrected chi connectivity index (χ0v) is 7.83. The molecule has 0 saturated carbocycles. The van der Waals surface area contributed by atoms with E-state index in [1.807, 2.05) is 6.08 Å². The predicted molar refractivity (Wildman–Crippen MR) is 53.6 cm³/mol. The lowest BCUT2D eigenvalue weighted by Crippen LogP contribution is -2.12. The molecule has 2 N–H and O–H groups in total. The van der Waals surface area contributed by atoms with Crippen molar-refractivity contribution in [3.63, 3.8) is 0 Å². The van der Waals surface area contributed by atoms with Gasteiger partial charge in [0.15, 0.2) is 0 Å². The van der Waals surface area contributed by atoms with Crippen molar-refractivity contribution in [3.8, 4) is 0 Å². The number of aliphatic hydroxyl groups is 2. The highest BCUT2D eigenvalue weighted by molar-refractivity contribution is 5.70. The van der Waals surface area contributed by atoms with Crippen LogP contribution in [0.2, 0.25) is 0 Å². The second-order valence-electron chi connectivity index (χ2n) is 4.00. The maximum absolute atomic E-state index is 9.31. The summed E-state index contributed by atoms with van der Waals surface area (Å²) < 4.78 is 0. The van der Waals surface area contributed by atoms with Gasteiger partial charge in [-0.3, -0.25) is 0 Å². The Labute approximate surface area is 82.6 Å². The van der Waals surface area contributed by atoms with Crippen LogP contribution in [-0.4, -0.2) is 23.4 Å². The van der Waals surface area contributed by atoms with E-state index in [0.717, 1.165) is 12.0 Å². The first-order chi connectivity index (χ1) is 6.85. The second-order valence-corrected chi connectivity index (χ2v) is 4.00. The lowest BCUT2D eigenvalue weighted by molar-refractivity contribution is 0.246. The third-order valence-electron chi connectivity index (χ3n) is 3.34. The van der Waals surface area contributed by atoms with Crippen LogP contribution in [0.25, 0.3) is 0 Å². The van der Waals surface area contributed by atoms with Gasteiger partial charge >= 0.3 is 0 Å². The van der Waals surface area contributed by atoms with Gasteiger partial charge in [0.05, 0.1) is 13.2 Å². The lowest BCUT2D eigenvalue weighted by Gasteiger charge is -2.15. The van der Waals surface area contributed by atoms with Gasteiger partial charge in [0.25, 0.3) is 0 Å². The Morgan fingerprint density at radius 3 is 2.71 bits per heavy atom. The number of aliphatic hydroxyl groups excluding tert-OH is 2. The molecule has 14 heavy (non-hydrogen) atoms. The van der Waals surface area contributed by atoms with E-state index in [1.165, 1.54) is 22.3 Å². The highest BCUT2D eigenvalue weighted by Gasteiger charge is 2.36. The molecule has 1 atom stereocenters. The van der Waals surface area contributed by atoms with Gasteiger partial charge in [-0.2, -0.15) is 0 Å². The number of rotatable bonds is 2. The van der Waals surface area contributed by atoms with Crippen LogP contribution in [0.1, 0.15) is 6.42 Å². The number of hydrogen-bond acceptors (Lipinski definition) is 2. The minimum atomic E-state index is 0.0486. The van der Waals surface area contributed by atoms with E-state index in [0.29, 0.717) is 0 Å². The fraction of sp³-hybridized carbons (Fsp3) is 0.333. The normalized spacial score (nSPS) is 27.9. The summed E-state index contributed by atoms with van der Waals surface area (Å²) in [5.41, 5.74) is 6.14. The topological polar surface area (TPSA) is 40.5 Å². The Balaban J connectivity index is 2.09. The van der Waals surface area contributed by atoms with Gasteiger partial charge in [-0.05, 0) is 34.3 Å². The first-order valence-electron chi connectivity index (χ1n) is 4.92. The van der Waals surface area contributed by atoms with Gasteiger partial charge < -0.3 is 10.2 Å². The molecule has 0 saturated heterocycles. The zero-order valence-electron chi connectivity index (χ0n) is 7.83. The molecule has 3 aliphatic carbocycles. The molecule has 0 aliphatic heterocycles. The van der Waals surface area contributed by atoms with Crippen LogP contribution in [0.4, 0.5) is 0 Å². The first-order valence-corrected chi connectivity index (χ1v) is 4.92. The smallest absolute Gasteiger partial charge is 0.0651 e. The Hall–Kier alpha value is -1.12. The minimum Gasteiger partial charge on any atom is -0.395 e. The maximum Gasteiger partial charge on any atom is 0.0651 e. The van der Waals surface area contributed by atoms with E-state index < -0.39 is 0 Å². The average molecular weight is 188 g/mol. The number of hydrogen-bond donors (Lipinski definition) is 2. The third-order valence-corrected chi connectivity index (χ3v) is 3.34. The Kier molecular flexibility index (Phi) is 1.58. The summed E-state index contributed by atoms with van der Waals surface area (Å²) in [6.45, 7) is 0.161. The second kappa shape index (κ2) is 2.69. The molecular formula is C12H12O2. The first kappa shape index (κ1) is 8.21. The molecule has 0 aromatic carbocycles. The minimum absolute atomic E-state index is 0.0486. The molecule has 0 aromatic rings. The van der Waals surface area contributed by atoms with E-state index in [1.54, 1.807) is 0 Å².